The molecule has 0 spiro atoms. The maximum Gasteiger partial charge on any atom is 0.418 e. The Morgan fingerprint density at radius 1 is 1.11 bits per heavy atom. The number of anilines is 1. The molecule has 192 valence electrons. The van der Waals surface area contributed by atoms with E-state index in [9.17, 15) is 22.8 Å². The summed E-state index contributed by atoms with van der Waals surface area (Å²) in [6.07, 6.45) is -2.25. The van der Waals surface area contributed by atoms with Gasteiger partial charge >= 0.3 is 12.3 Å². The normalized spacial score (nSPS) is 14.9. The molecule has 9 nitrogen and oxygen atoms in total. The fraction of sp³-hybridized carbons (Fsp3) is 0.458. The average Bonchev–Trinajstić information content (AvgIpc) is 2.79. The molecule has 0 aliphatic carbocycles. The molecule has 4 heterocycles. The van der Waals surface area contributed by atoms with Gasteiger partial charge in [0.25, 0.3) is 5.56 Å². The highest BCUT2D eigenvalue weighted by molar-refractivity contribution is 5.78. The number of aryl methyl sites for hydroxylation is 1. The van der Waals surface area contributed by atoms with Crippen LogP contribution in [-0.4, -0.2) is 62.3 Å². The summed E-state index contributed by atoms with van der Waals surface area (Å²) in [5.41, 5.74) is -1.79. The molecule has 0 radical (unpaired) electrons. The molecule has 1 amide bonds. The van der Waals surface area contributed by atoms with Crippen LogP contribution in [0.15, 0.2) is 35.4 Å². The number of pyridine rings is 2. The van der Waals surface area contributed by atoms with E-state index in [0.717, 1.165) is 6.07 Å². The topological polar surface area (TPSA) is 93.5 Å². The second kappa shape index (κ2) is 9.40. The summed E-state index contributed by atoms with van der Waals surface area (Å²) in [5, 5.41) is 0.509. The van der Waals surface area contributed by atoms with E-state index in [0.29, 0.717) is 43.1 Å². The maximum absolute atomic E-state index is 13.6. The number of ether oxygens (including phenoxy) is 1. The van der Waals surface area contributed by atoms with Gasteiger partial charge in [0.1, 0.15) is 22.8 Å². The van der Waals surface area contributed by atoms with E-state index in [4.69, 9.17) is 4.74 Å². The summed E-state index contributed by atoms with van der Waals surface area (Å²) < 4.78 is 47.4. The van der Waals surface area contributed by atoms with E-state index in [1.54, 1.807) is 38.7 Å². The van der Waals surface area contributed by atoms with Crippen molar-refractivity contribution in [2.24, 2.45) is 0 Å². The predicted molar refractivity (Wildman–Crippen MR) is 127 cm³/mol. The van der Waals surface area contributed by atoms with E-state index >= 15 is 0 Å². The lowest BCUT2D eigenvalue weighted by Gasteiger charge is -2.36. The second-order valence-electron chi connectivity index (χ2n) is 9.57. The standard InChI is InChI=1S/C24H27F3N6O3/c1-15-29-13-16-12-19(31-8-10-32(11-9-31)22(35)36-23(2,3)4)21(34)33(20(16)30-15)14-18-17(24(25,26)27)6-5-7-28-18/h5-7,12-13H,8-11,14H2,1-4H3. The number of rotatable bonds is 3. The number of fused-ring (bicyclic) bond motifs is 1. The van der Waals surface area contributed by atoms with Crippen molar-refractivity contribution in [2.75, 3.05) is 31.1 Å². The maximum atomic E-state index is 13.6. The number of aromatic nitrogens is 4. The fourth-order valence-corrected chi connectivity index (χ4v) is 4.03. The molecular weight excluding hydrogens is 477 g/mol. The molecule has 3 aromatic rings. The SMILES string of the molecule is Cc1ncc2cc(N3CCN(C(=O)OC(C)(C)C)CC3)c(=O)n(Cc3ncccc3C(F)(F)F)c2n1. The van der Waals surface area contributed by atoms with Gasteiger partial charge in [-0.1, -0.05) is 0 Å². The van der Waals surface area contributed by atoms with Crippen LogP contribution in [0.4, 0.5) is 23.7 Å². The Bertz CT molecular complexity index is 1340. The predicted octanol–water partition coefficient (Wildman–Crippen LogP) is 3.62. The average molecular weight is 505 g/mol. The molecule has 0 atom stereocenters. The summed E-state index contributed by atoms with van der Waals surface area (Å²) in [6.45, 7) is 7.95. The van der Waals surface area contributed by atoms with Gasteiger partial charge < -0.3 is 14.5 Å². The number of alkyl halides is 3. The molecule has 0 aromatic carbocycles. The number of nitrogens with zero attached hydrogens (tertiary/aromatic N) is 6. The van der Waals surface area contributed by atoms with Crippen LogP contribution >= 0.6 is 0 Å². The molecule has 36 heavy (non-hydrogen) atoms. The molecule has 1 fully saturated rings. The lowest BCUT2D eigenvalue weighted by atomic mass is 10.1. The lowest BCUT2D eigenvalue weighted by molar-refractivity contribution is -0.138. The number of carbonyl (C=O) groups excluding carboxylic acids is 1. The number of hydrogen-bond donors (Lipinski definition) is 0. The molecule has 0 saturated carbocycles. The zero-order valence-electron chi connectivity index (χ0n) is 20.5. The van der Waals surface area contributed by atoms with Crippen molar-refractivity contribution >= 4 is 22.8 Å². The summed E-state index contributed by atoms with van der Waals surface area (Å²) in [7, 11) is 0. The largest absolute Gasteiger partial charge is 0.444 e. The summed E-state index contributed by atoms with van der Waals surface area (Å²) >= 11 is 0. The molecule has 0 N–H and O–H groups in total. The minimum atomic E-state index is -4.62. The van der Waals surface area contributed by atoms with E-state index in [1.165, 1.54) is 23.0 Å². The second-order valence-corrected chi connectivity index (χ2v) is 9.57. The van der Waals surface area contributed by atoms with Gasteiger partial charge in [-0.05, 0) is 45.9 Å². The van der Waals surface area contributed by atoms with E-state index in [-0.39, 0.29) is 11.3 Å². The van der Waals surface area contributed by atoms with E-state index in [1.807, 2.05) is 4.90 Å². The van der Waals surface area contributed by atoms with Crippen molar-refractivity contribution < 1.29 is 22.7 Å². The van der Waals surface area contributed by atoms with Gasteiger partial charge in [-0.15, -0.1) is 0 Å². The Morgan fingerprint density at radius 3 is 2.44 bits per heavy atom. The first kappa shape index (κ1) is 25.4. The number of piperazine rings is 1. The Hall–Kier alpha value is -3.70. The number of carbonyl (C=O) groups is 1. The monoisotopic (exact) mass is 504 g/mol. The number of halogens is 3. The van der Waals surface area contributed by atoms with Crippen LogP contribution in [0.1, 0.15) is 37.9 Å². The molecular formula is C24H27F3N6O3. The van der Waals surface area contributed by atoms with Crippen LogP contribution in [0.3, 0.4) is 0 Å². The molecule has 3 aromatic heterocycles. The van der Waals surface area contributed by atoms with Gasteiger partial charge in [0.15, 0.2) is 0 Å². The molecule has 1 aliphatic heterocycles. The molecule has 0 bridgehead atoms. The lowest BCUT2D eigenvalue weighted by Crippen LogP contribution is -2.51. The first-order valence-corrected chi connectivity index (χ1v) is 11.4. The van der Waals surface area contributed by atoms with Crippen molar-refractivity contribution in [3.05, 3.63) is 58.0 Å². The Kier molecular flexibility index (Phi) is 6.63. The summed E-state index contributed by atoms with van der Waals surface area (Å²) in [6, 6.07) is 3.79. The van der Waals surface area contributed by atoms with Crippen LogP contribution in [0.5, 0.6) is 0 Å². The number of amides is 1. The van der Waals surface area contributed by atoms with Gasteiger partial charge in [-0.2, -0.15) is 13.2 Å². The van der Waals surface area contributed by atoms with Crippen molar-refractivity contribution in [1.29, 1.82) is 0 Å². The van der Waals surface area contributed by atoms with Gasteiger partial charge in [0, 0.05) is 44.0 Å². The first-order valence-electron chi connectivity index (χ1n) is 11.4. The van der Waals surface area contributed by atoms with Crippen LogP contribution in [-0.2, 0) is 17.5 Å². The van der Waals surface area contributed by atoms with Crippen molar-refractivity contribution in [3.8, 4) is 0 Å². The highest BCUT2D eigenvalue weighted by Crippen LogP contribution is 2.31. The third kappa shape index (κ3) is 5.42. The van der Waals surface area contributed by atoms with Crippen molar-refractivity contribution in [1.82, 2.24) is 24.4 Å². The molecule has 1 saturated heterocycles. The van der Waals surface area contributed by atoms with Crippen molar-refractivity contribution in [3.63, 3.8) is 0 Å². The van der Waals surface area contributed by atoms with Crippen LogP contribution in [0.2, 0.25) is 0 Å². The highest BCUT2D eigenvalue weighted by Gasteiger charge is 2.34. The quantitative estimate of drug-likeness (QED) is 0.538. The Labute approximate surface area is 205 Å². The van der Waals surface area contributed by atoms with Crippen molar-refractivity contribution in [2.45, 2.75) is 46.0 Å². The third-order valence-electron chi connectivity index (χ3n) is 5.70. The van der Waals surface area contributed by atoms with E-state index in [2.05, 4.69) is 15.0 Å². The zero-order valence-corrected chi connectivity index (χ0v) is 20.5. The van der Waals surface area contributed by atoms with Crippen LogP contribution < -0.4 is 10.5 Å². The number of hydrogen-bond acceptors (Lipinski definition) is 7. The molecule has 1 aliphatic rings. The minimum Gasteiger partial charge on any atom is -0.444 e. The van der Waals surface area contributed by atoms with Gasteiger partial charge in [-0.25, -0.2) is 14.8 Å². The molecule has 12 heteroatoms. The van der Waals surface area contributed by atoms with E-state index < -0.39 is 35.5 Å². The van der Waals surface area contributed by atoms with Crippen LogP contribution in [0, 0.1) is 6.92 Å². The third-order valence-corrected chi connectivity index (χ3v) is 5.70. The Balaban J connectivity index is 1.70. The molecule has 0 unspecified atom stereocenters. The highest BCUT2D eigenvalue weighted by atomic mass is 19.4. The zero-order chi connectivity index (χ0) is 26.3. The smallest absolute Gasteiger partial charge is 0.418 e. The summed E-state index contributed by atoms with van der Waals surface area (Å²) in [4.78, 5) is 41.8. The van der Waals surface area contributed by atoms with Crippen LogP contribution in [0.25, 0.3) is 11.0 Å². The first-order chi connectivity index (χ1) is 16.8. The summed E-state index contributed by atoms with van der Waals surface area (Å²) in [5.74, 6) is 0.381. The Morgan fingerprint density at radius 2 is 1.81 bits per heavy atom. The van der Waals surface area contributed by atoms with Gasteiger partial charge in [-0.3, -0.25) is 14.3 Å². The van der Waals surface area contributed by atoms with Gasteiger partial charge in [0.05, 0.1) is 17.8 Å². The minimum absolute atomic E-state index is 0.224. The fourth-order valence-electron chi connectivity index (χ4n) is 4.03. The van der Waals surface area contributed by atoms with Gasteiger partial charge in [0.2, 0.25) is 0 Å². The molecule has 4 rings (SSSR count).